The first kappa shape index (κ1) is 22.7. The van der Waals surface area contributed by atoms with Crippen molar-refractivity contribution < 1.29 is 22.2 Å². The van der Waals surface area contributed by atoms with Crippen LogP contribution in [0.15, 0.2) is 81.3 Å². The van der Waals surface area contributed by atoms with Crippen molar-refractivity contribution in [2.24, 2.45) is 17.0 Å². The van der Waals surface area contributed by atoms with E-state index in [1.807, 2.05) is 84.9 Å². The monoisotopic (exact) mass is 454 g/mol. The van der Waals surface area contributed by atoms with Crippen molar-refractivity contribution in [3.05, 3.63) is 77.6 Å². The molecule has 0 bridgehead atoms. The number of hydrogen-bond acceptors (Lipinski definition) is 4. The third kappa shape index (κ3) is 5.07. The topological polar surface area (TPSA) is 54.8 Å². The Morgan fingerprint density at radius 2 is 1.66 bits per heavy atom. The van der Waals surface area contributed by atoms with Crippen LogP contribution in [0.5, 0.6) is 0 Å². The van der Waals surface area contributed by atoms with E-state index in [-0.39, 0.29) is 22.8 Å². The average Bonchev–Trinajstić information content (AvgIpc) is 2.88. The van der Waals surface area contributed by atoms with Crippen molar-refractivity contribution in [3.8, 4) is 5.69 Å². The molecule has 0 atom stereocenters. The number of hydrogen-bond donors (Lipinski definition) is 1. The second kappa shape index (κ2) is 9.74. The second-order valence-corrected chi connectivity index (χ2v) is 6.99. The van der Waals surface area contributed by atoms with Gasteiger partial charge in [-0.05, 0) is 45.0 Å². The zero-order valence-electron chi connectivity index (χ0n) is 16.7. The van der Waals surface area contributed by atoms with Crippen molar-refractivity contribution in [2.75, 3.05) is 0 Å². The van der Waals surface area contributed by atoms with Gasteiger partial charge in [0.05, 0.1) is 17.1 Å². The molecule has 0 aliphatic carbocycles. The number of aliphatic hydroxyl groups is 1. The average molecular weight is 455 g/mol. The van der Waals surface area contributed by atoms with E-state index in [1.165, 1.54) is 0 Å². The fourth-order valence-electron chi connectivity index (χ4n) is 2.98. The zero-order valence-corrected chi connectivity index (χ0v) is 18.5. The summed E-state index contributed by atoms with van der Waals surface area (Å²) in [7, 11) is 1.97. The van der Waals surface area contributed by atoms with Crippen LogP contribution in [-0.4, -0.2) is 20.2 Å². The zero-order chi connectivity index (χ0) is 20.3. The van der Waals surface area contributed by atoms with Crippen molar-refractivity contribution in [3.63, 3.8) is 0 Å². The quantitative estimate of drug-likeness (QED) is 0.266. The van der Waals surface area contributed by atoms with Crippen LogP contribution < -0.4 is 5.49 Å². The van der Waals surface area contributed by atoms with Crippen molar-refractivity contribution >= 4 is 29.7 Å². The first-order valence-electron chi connectivity index (χ1n) is 8.96. The number of rotatable bonds is 4. The summed E-state index contributed by atoms with van der Waals surface area (Å²) in [6.45, 7) is 5.48. The number of para-hydroxylation sites is 2. The molecule has 7 heteroatoms. The van der Waals surface area contributed by atoms with Gasteiger partial charge >= 0.3 is 17.1 Å². The maximum Gasteiger partial charge on any atom is 1.00 e. The number of aromatic nitrogens is 2. The molecule has 0 aliphatic rings. The molecule has 154 valence electrons. The molecule has 29 heavy (non-hydrogen) atoms. The van der Waals surface area contributed by atoms with Gasteiger partial charge in [-0.15, -0.1) is 4.90 Å². The van der Waals surface area contributed by atoms with E-state index < -0.39 is 0 Å². The molecule has 0 saturated heterocycles. The van der Waals surface area contributed by atoms with Gasteiger partial charge in [0.2, 0.25) is 0 Å². The van der Waals surface area contributed by atoms with E-state index in [0.29, 0.717) is 16.1 Å². The smallest absolute Gasteiger partial charge is 0.778 e. The van der Waals surface area contributed by atoms with Gasteiger partial charge in [-0.3, -0.25) is 4.68 Å². The van der Waals surface area contributed by atoms with Gasteiger partial charge in [-0.25, -0.2) is 14.7 Å². The molecule has 0 unspecified atom stereocenters. The van der Waals surface area contributed by atoms with Crippen LogP contribution >= 0.6 is 0 Å². The summed E-state index contributed by atoms with van der Waals surface area (Å²) < 4.78 is 4.03. The molecule has 3 aromatic rings. The van der Waals surface area contributed by atoms with E-state index in [9.17, 15) is 5.11 Å². The Hall–Kier alpha value is -2.60. The molecule has 1 heterocycles. The fraction of sp³-hybridized carbons (Fsp3) is 0.182. The third-order valence-electron chi connectivity index (χ3n) is 4.34. The van der Waals surface area contributed by atoms with Crippen LogP contribution in [0.3, 0.4) is 0 Å². The largest absolute Gasteiger partial charge is 1.00 e. The molecule has 5 nitrogen and oxygen atoms in total. The summed E-state index contributed by atoms with van der Waals surface area (Å²) >= 11 is 5.45. The predicted octanol–water partition coefficient (Wildman–Crippen LogP) is 4.81. The number of allylic oxidation sites excluding steroid dienone is 2. The first-order chi connectivity index (χ1) is 13.4. The van der Waals surface area contributed by atoms with Gasteiger partial charge in [-0.2, -0.15) is 0 Å². The van der Waals surface area contributed by atoms with E-state index in [2.05, 4.69) is 0 Å². The molecular weight excluding hydrogens is 432 g/mol. The molecule has 0 amide bonds. The van der Waals surface area contributed by atoms with E-state index in [0.717, 1.165) is 22.8 Å². The van der Waals surface area contributed by atoms with E-state index in [1.54, 1.807) is 13.0 Å². The minimum atomic E-state index is 0. The summed E-state index contributed by atoms with van der Waals surface area (Å²) in [6, 6.07) is 17.6. The maximum absolute atomic E-state index is 9.58. The molecule has 0 aliphatic heterocycles. The molecule has 1 aromatic heterocycles. The van der Waals surface area contributed by atoms with Crippen LogP contribution in [0.4, 0.5) is 11.4 Å². The molecule has 0 spiro atoms. The standard InChI is InChI=1S/C22H24N4OS.Cu/c1-15(14-16(2)27)23-21-17(3)25(4)26(18-10-6-5-7-11-18)22(21)24-19-12-8-9-13-20(19)28;/h5-14,27-28H,1-4H3;/q;+1/p-1/b16-14-,23-15?,24-22?;. The molecular formula is C22H23CuN4OS. The van der Waals surface area contributed by atoms with E-state index >= 15 is 0 Å². The molecule has 1 N–H and O–H groups in total. The predicted molar refractivity (Wildman–Crippen MR) is 116 cm³/mol. The van der Waals surface area contributed by atoms with Gasteiger partial charge in [-0.1, -0.05) is 36.4 Å². The molecule has 0 fully saturated rings. The van der Waals surface area contributed by atoms with Crippen LogP contribution in [0.2, 0.25) is 0 Å². The molecule has 0 saturated carbocycles. The summed E-state index contributed by atoms with van der Waals surface area (Å²) in [4.78, 5) is 10.3. The summed E-state index contributed by atoms with van der Waals surface area (Å²) in [5.41, 5.74) is 4.76. The first-order valence-corrected chi connectivity index (χ1v) is 9.36. The molecule has 2 aromatic carbocycles. The Morgan fingerprint density at radius 3 is 2.28 bits per heavy atom. The number of nitrogens with zero attached hydrogens (tertiary/aromatic N) is 4. The molecule has 3 rings (SSSR count). The Labute approximate surface area is 187 Å². The van der Waals surface area contributed by atoms with Crippen LogP contribution in [0.1, 0.15) is 19.5 Å². The fourth-order valence-corrected chi connectivity index (χ4v) is 3.17. The van der Waals surface area contributed by atoms with Crippen molar-refractivity contribution in [1.82, 2.24) is 9.36 Å². The van der Waals surface area contributed by atoms with Crippen LogP contribution in [-0.2, 0) is 36.7 Å². The van der Waals surface area contributed by atoms with Crippen LogP contribution in [0, 0.1) is 6.92 Å². The summed E-state index contributed by atoms with van der Waals surface area (Å²) in [6.07, 6.45) is 1.63. The Balaban J connectivity index is 0.00000300. The Kier molecular flexibility index (Phi) is 7.62. The Bertz CT molecular complexity index is 1120. The van der Waals surface area contributed by atoms with Gasteiger partial charge in [0.15, 0.2) is 5.49 Å². The van der Waals surface area contributed by atoms with E-state index in [4.69, 9.17) is 22.6 Å². The second-order valence-electron chi connectivity index (χ2n) is 6.55. The number of benzene rings is 2. The van der Waals surface area contributed by atoms with Crippen LogP contribution in [0.25, 0.3) is 5.69 Å². The third-order valence-corrected chi connectivity index (χ3v) is 4.68. The molecule has 0 radical (unpaired) electrons. The van der Waals surface area contributed by atoms with Crippen molar-refractivity contribution in [2.45, 2.75) is 25.7 Å². The SMILES string of the molecule is CC(/C=C(/C)O)=Nc1c(C)n(C)n(-c2ccccc2)c1=Nc1ccccc1[S-].[Cu+]. The van der Waals surface area contributed by atoms with Crippen molar-refractivity contribution in [1.29, 1.82) is 0 Å². The van der Waals surface area contributed by atoms with Gasteiger partial charge < -0.3 is 17.7 Å². The summed E-state index contributed by atoms with van der Waals surface area (Å²) in [5, 5.41) is 9.58. The maximum atomic E-state index is 9.58. The number of aliphatic hydroxyl groups excluding tert-OH is 1. The minimum absolute atomic E-state index is 0. The Morgan fingerprint density at radius 1 is 1.03 bits per heavy atom. The van der Waals surface area contributed by atoms with Gasteiger partial charge in [0, 0.05) is 18.4 Å². The van der Waals surface area contributed by atoms with Gasteiger partial charge in [0.25, 0.3) is 0 Å². The van der Waals surface area contributed by atoms with Gasteiger partial charge in [0.1, 0.15) is 5.69 Å². The number of aliphatic imine (C=N–C) groups is 1. The normalized spacial score (nSPS) is 12.8. The summed E-state index contributed by atoms with van der Waals surface area (Å²) in [5.74, 6) is 0.208. The minimum Gasteiger partial charge on any atom is -0.778 e.